The molecule has 2 heterocycles. The minimum atomic E-state index is -4.39. The lowest BCUT2D eigenvalue weighted by atomic mass is 10.1. The van der Waals surface area contributed by atoms with Gasteiger partial charge >= 0.3 is 6.18 Å². The number of hydrogen-bond donors (Lipinski definition) is 1. The molecule has 0 saturated heterocycles. The number of nitrogens with one attached hydrogen (secondary N) is 1. The highest BCUT2D eigenvalue weighted by Gasteiger charge is 2.30. The van der Waals surface area contributed by atoms with Crippen LogP contribution >= 0.6 is 0 Å². The summed E-state index contributed by atoms with van der Waals surface area (Å²) in [5.74, 6) is -0.181. The number of carbonyl (C=O) groups is 1. The Bertz CT molecular complexity index is 693. The molecule has 1 aliphatic rings. The second kappa shape index (κ2) is 5.47. The summed E-state index contributed by atoms with van der Waals surface area (Å²) in [5.41, 5.74) is 1.48. The van der Waals surface area contributed by atoms with Crippen LogP contribution in [0.3, 0.4) is 0 Å². The molecule has 1 N–H and O–H groups in total. The average molecular weight is 309 g/mol. The van der Waals surface area contributed by atoms with Gasteiger partial charge in [-0.05, 0) is 11.6 Å². The van der Waals surface area contributed by atoms with Crippen molar-refractivity contribution < 1.29 is 18.0 Å². The van der Waals surface area contributed by atoms with Crippen molar-refractivity contribution in [3.63, 3.8) is 0 Å². The van der Waals surface area contributed by atoms with Gasteiger partial charge in [-0.3, -0.25) is 4.79 Å². The van der Waals surface area contributed by atoms with E-state index in [1.54, 1.807) is 17.3 Å². The molecule has 116 valence electrons. The fourth-order valence-electron chi connectivity index (χ4n) is 2.57. The Morgan fingerprint density at radius 3 is 2.95 bits per heavy atom. The first-order valence-corrected chi connectivity index (χ1v) is 6.88. The Morgan fingerprint density at radius 2 is 2.18 bits per heavy atom. The van der Waals surface area contributed by atoms with E-state index in [1.165, 1.54) is 6.07 Å². The summed E-state index contributed by atoms with van der Waals surface area (Å²) in [7, 11) is 0. The normalized spacial score (nSPS) is 14.8. The van der Waals surface area contributed by atoms with Crippen LogP contribution in [0, 0.1) is 0 Å². The van der Waals surface area contributed by atoms with E-state index in [9.17, 15) is 18.0 Å². The number of halogens is 3. The first-order chi connectivity index (χ1) is 10.4. The van der Waals surface area contributed by atoms with Crippen molar-refractivity contribution >= 4 is 5.91 Å². The predicted molar refractivity (Wildman–Crippen MR) is 72.9 cm³/mol. The topological polar surface area (TPSA) is 49.0 Å². The Balaban J connectivity index is 1.70. The number of aromatic nitrogens is 2. The fraction of sp³-hybridized carbons (Fsp3) is 0.333. The zero-order chi connectivity index (χ0) is 15.7. The van der Waals surface area contributed by atoms with E-state index in [-0.39, 0.29) is 12.3 Å². The lowest BCUT2D eigenvalue weighted by Crippen LogP contribution is -2.37. The maximum atomic E-state index is 12.7. The van der Waals surface area contributed by atoms with Gasteiger partial charge in [-0.1, -0.05) is 18.2 Å². The van der Waals surface area contributed by atoms with Crippen LogP contribution in [-0.4, -0.2) is 27.3 Å². The molecule has 22 heavy (non-hydrogen) atoms. The average Bonchev–Trinajstić information content (AvgIpc) is 2.94. The van der Waals surface area contributed by atoms with Gasteiger partial charge in [0.15, 0.2) is 0 Å². The molecule has 2 aromatic rings. The first kappa shape index (κ1) is 14.6. The van der Waals surface area contributed by atoms with Gasteiger partial charge in [0, 0.05) is 13.0 Å². The van der Waals surface area contributed by atoms with Crippen molar-refractivity contribution in [2.75, 3.05) is 6.54 Å². The Morgan fingerprint density at radius 1 is 1.36 bits per heavy atom. The van der Waals surface area contributed by atoms with Crippen LogP contribution in [0.1, 0.15) is 22.5 Å². The number of fused-ring (bicyclic) bond motifs is 1. The molecule has 0 unspecified atom stereocenters. The van der Waals surface area contributed by atoms with Crippen LogP contribution in [0.5, 0.6) is 0 Å². The minimum Gasteiger partial charge on any atom is -0.347 e. The largest absolute Gasteiger partial charge is 0.416 e. The van der Waals surface area contributed by atoms with E-state index in [1.807, 2.05) is 0 Å². The van der Waals surface area contributed by atoms with Crippen molar-refractivity contribution in [1.29, 1.82) is 0 Å². The summed E-state index contributed by atoms with van der Waals surface area (Å²) in [6.45, 7) is 0.961. The highest BCUT2D eigenvalue weighted by Crippen LogP contribution is 2.29. The lowest BCUT2D eigenvalue weighted by molar-refractivity contribution is -0.138. The molecule has 0 bridgehead atoms. The van der Waals surface area contributed by atoms with Crippen LogP contribution in [0.15, 0.2) is 30.6 Å². The molecule has 4 nitrogen and oxygen atoms in total. The maximum Gasteiger partial charge on any atom is 0.416 e. The molecule has 0 radical (unpaired) electrons. The van der Waals surface area contributed by atoms with Crippen molar-refractivity contribution in [3.8, 4) is 0 Å². The van der Waals surface area contributed by atoms with E-state index in [0.29, 0.717) is 25.1 Å². The molecule has 1 aromatic carbocycles. The number of rotatable bonds is 2. The molecule has 3 rings (SSSR count). The molecule has 7 heteroatoms. The van der Waals surface area contributed by atoms with E-state index in [4.69, 9.17) is 0 Å². The van der Waals surface area contributed by atoms with Gasteiger partial charge in [-0.2, -0.15) is 13.2 Å². The van der Waals surface area contributed by atoms with Crippen molar-refractivity contribution in [1.82, 2.24) is 14.9 Å². The number of alkyl halides is 3. The number of amides is 1. The second-order valence-corrected chi connectivity index (χ2v) is 5.27. The maximum absolute atomic E-state index is 12.7. The lowest BCUT2D eigenvalue weighted by Gasteiger charge is -2.26. The highest BCUT2D eigenvalue weighted by atomic mass is 19.4. The van der Waals surface area contributed by atoms with Gasteiger partial charge in [0.05, 0.1) is 36.2 Å². The fourth-order valence-corrected chi connectivity index (χ4v) is 2.57. The molecular weight excluding hydrogens is 295 g/mol. The molecule has 0 spiro atoms. The minimum absolute atomic E-state index is 0.0343. The standard InChI is InChI=1S/C15H14F3N3O/c16-15(17,18)11-3-1-2-10(6-11)7-14(22)21-5-4-12-13(8-21)20-9-19-12/h1-3,6,9H,4-5,7-8H2,(H,19,20). The number of imidazole rings is 1. The molecule has 0 fully saturated rings. The SMILES string of the molecule is O=C(Cc1cccc(C(F)(F)F)c1)N1CCc2nc[nH]c2C1. The number of H-pyrrole nitrogens is 1. The van der Waals surface area contributed by atoms with E-state index < -0.39 is 11.7 Å². The number of nitrogens with zero attached hydrogens (tertiary/aromatic N) is 2. The summed E-state index contributed by atoms with van der Waals surface area (Å²) < 4.78 is 38.1. The van der Waals surface area contributed by atoms with Gasteiger partial charge in [-0.15, -0.1) is 0 Å². The quantitative estimate of drug-likeness (QED) is 0.927. The Labute approximate surface area is 125 Å². The van der Waals surface area contributed by atoms with Crippen molar-refractivity contribution in [2.24, 2.45) is 0 Å². The van der Waals surface area contributed by atoms with Crippen LogP contribution in [0.25, 0.3) is 0 Å². The van der Waals surface area contributed by atoms with Gasteiger partial charge < -0.3 is 9.88 Å². The molecule has 0 atom stereocenters. The molecule has 1 aromatic heterocycles. The van der Waals surface area contributed by atoms with Gasteiger partial charge in [0.25, 0.3) is 0 Å². The zero-order valence-corrected chi connectivity index (χ0v) is 11.7. The number of benzene rings is 1. The molecule has 0 aliphatic carbocycles. The molecule has 0 saturated carbocycles. The molecule has 1 aliphatic heterocycles. The highest BCUT2D eigenvalue weighted by molar-refractivity contribution is 5.79. The molecule has 1 amide bonds. The zero-order valence-electron chi connectivity index (χ0n) is 11.7. The smallest absolute Gasteiger partial charge is 0.347 e. The molecular formula is C15H14F3N3O. The van der Waals surface area contributed by atoms with Crippen molar-refractivity contribution in [2.45, 2.75) is 25.6 Å². The summed E-state index contributed by atoms with van der Waals surface area (Å²) >= 11 is 0. The number of carbonyl (C=O) groups excluding carboxylic acids is 1. The predicted octanol–water partition coefficient (Wildman–Crippen LogP) is 2.56. The summed E-state index contributed by atoms with van der Waals surface area (Å²) in [6, 6.07) is 4.91. The summed E-state index contributed by atoms with van der Waals surface area (Å²) in [5, 5.41) is 0. The van der Waals surface area contributed by atoms with Crippen LogP contribution in [-0.2, 0) is 30.4 Å². The van der Waals surface area contributed by atoms with Crippen molar-refractivity contribution in [3.05, 3.63) is 53.1 Å². The van der Waals surface area contributed by atoms with E-state index >= 15 is 0 Å². The third-order valence-corrected chi connectivity index (χ3v) is 3.74. The Kier molecular flexibility index (Phi) is 3.64. The monoisotopic (exact) mass is 309 g/mol. The third kappa shape index (κ3) is 2.98. The summed E-state index contributed by atoms with van der Waals surface area (Å²) in [4.78, 5) is 21.0. The number of hydrogen-bond acceptors (Lipinski definition) is 2. The van der Waals surface area contributed by atoms with Crippen LogP contribution in [0.4, 0.5) is 13.2 Å². The van der Waals surface area contributed by atoms with Gasteiger partial charge in [-0.25, -0.2) is 4.98 Å². The summed E-state index contributed by atoms with van der Waals surface area (Å²) in [6.07, 6.45) is -2.18. The number of aromatic amines is 1. The van der Waals surface area contributed by atoms with Crippen LogP contribution < -0.4 is 0 Å². The van der Waals surface area contributed by atoms with E-state index in [0.717, 1.165) is 23.5 Å². The van der Waals surface area contributed by atoms with Gasteiger partial charge in [0.1, 0.15) is 0 Å². The Hall–Kier alpha value is -2.31. The van der Waals surface area contributed by atoms with Gasteiger partial charge in [0.2, 0.25) is 5.91 Å². The third-order valence-electron chi connectivity index (χ3n) is 3.74. The first-order valence-electron chi connectivity index (χ1n) is 6.88. The van der Waals surface area contributed by atoms with Crippen LogP contribution in [0.2, 0.25) is 0 Å². The van der Waals surface area contributed by atoms with E-state index in [2.05, 4.69) is 9.97 Å². The second-order valence-electron chi connectivity index (χ2n) is 5.27.